The van der Waals surface area contributed by atoms with E-state index in [-0.39, 0.29) is 31.1 Å². The van der Waals surface area contributed by atoms with Crippen LogP contribution in [-0.4, -0.2) is 104 Å². The predicted molar refractivity (Wildman–Crippen MR) is 388 cm³/mol. The van der Waals surface area contributed by atoms with Gasteiger partial charge in [-0.05, 0) is 173 Å². The zero-order chi connectivity index (χ0) is 82.3. The number of halogens is 6. The van der Waals surface area contributed by atoms with Gasteiger partial charge in [0.05, 0.1) is 13.2 Å². The summed E-state index contributed by atoms with van der Waals surface area (Å²) in [6.07, 6.45) is -10.9. The summed E-state index contributed by atoms with van der Waals surface area (Å²) in [4.78, 5) is -6.76. The molecule has 0 aromatic heterocycles. The fourth-order valence-corrected chi connectivity index (χ4v) is 17.4. The third kappa shape index (κ3) is 21.3. The summed E-state index contributed by atoms with van der Waals surface area (Å²) >= 11 is 0. The van der Waals surface area contributed by atoms with Crippen LogP contribution in [0.15, 0.2) is 280 Å². The molecule has 113 heavy (non-hydrogen) atoms. The van der Waals surface area contributed by atoms with E-state index in [0.717, 1.165) is 109 Å². The van der Waals surface area contributed by atoms with E-state index in [1.54, 1.807) is 27.7 Å². The van der Waals surface area contributed by atoms with Crippen molar-refractivity contribution >= 4 is 92.4 Å². The van der Waals surface area contributed by atoms with E-state index in [1.807, 2.05) is 0 Å². The molecule has 0 heterocycles. The fraction of sp³-hybridized carbons (Fsp3) is 0.127. The van der Waals surface area contributed by atoms with Gasteiger partial charge in [-0.3, -0.25) is 8.57 Å². The first-order valence-electron chi connectivity index (χ1n) is 31.8. The summed E-state index contributed by atoms with van der Waals surface area (Å²) in [7, 11) is -41.7. The molecular formula is C71H56F6N2O26S8. The van der Waals surface area contributed by atoms with Crippen LogP contribution in [0, 0.1) is 27.7 Å². The van der Waals surface area contributed by atoms with Gasteiger partial charge in [0.15, 0.2) is 54.0 Å². The number of hydrogen-bond donors (Lipinski definition) is 0. The topological polar surface area (TPSA) is 390 Å². The maximum atomic E-state index is 14.6. The molecule has 0 bridgehead atoms. The zero-order valence-electron chi connectivity index (χ0n) is 58.1. The Morgan fingerprint density at radius 3 is 0.832 bits per heavy atom. The molecule has 596 valence electrons. The van der Waals surface area contributed by atoms with E-state index in [2.05, 4.69) is 18.9 Å². The molecule has 42 heteroatoms. The van der Waals surface area contributed by atoms with Gasteiger partial charge in [0.2, 0.25) is 0 Å². The third-order valence-corrected chi connectivity index (χ3v) is 25.0. The highest BCUT2D eigenvalue weighted by Crippen LogP contribution is 2.40. The summed E-state index contributed by atoms with van der Waals surface area (Å²) in [6, 6.07) is 38.4. The standard InChI is InChI=1S/C71H56F6N2O26S8/c1-46-14-32-56(33-15-46)106(80,81)98-54-30-40-62(100-108(84,85)58-36-18-48(3)19-37-58)66(44-54)110(88,89)102-60-10-5-7-12-64(60)112(92,93)104-78-68(70(72,73)74)50-22-26-52(27-23-50)96-42-9-43-97-53-28-24-51(25-29-53)69(71(75,76)77)79-105-113(94,95)65-13-8-6-11-61(65)103-111(90,91)67-45-55(99-107(82,83)57-34-16-47(2)17-35-57)31-41-63(67)101-109(86,87)59-38-20-49(4)21-39-59/h5-8,10-41,44-45H,9,42-43H2,1-4H3/b78-68-,79-69+. The molecule has 0 unspecified atom stereocenters. The van der Waals surface area contributed by atoms with Gasteiger partial charge in [0.1, 0.15) is 42.6 Å². The van der Waals surface area contributed by atoms with Gasteiger partial charge in [-0.2, -0.15) is 93.7 Å². The molecule has 0 spiro atoms. The minimum Gasteiger partial charge on any atom is -0.493 e. The van der Waals surface area contributed by atoms with Crippen molar-refractivity contribution in [3.63, 3.8) is 0 Å². The van der Waals surface area contributed by atoms with Crippen LogP contribution in [0.25, 0.3) is 0 Å². The average molecular weight is 1720 g/mol. The lowest BCUT2D eigenvalue weighted by atomic mass is 10.1. The summed E-state index contributed by atoms with van der Waals surface area (Å²) in [5.41, 5.74) is -2.97. The van der Waals surface area contributed by atoms with Crippen LogP contribution in [0.1, 0.15) is 39.8 Å². The van der Waals surface area contributed by atoms with Gasteiger partial charge in [0.25, 0.3) is 0 Å². The normalized spacial score (nSPS) is 12.9. The Morgan fingerprint density at radius 2 is 0.540 bits per heavy atom. The molecule has 0 aliphatic heterocycles. The smallest absolute Gasteiger partial charge is 0.437 e. The molecule has 10 aromatic carbocycles. The monoisotopic (exact) mass is 1720 g/mol. The van der Waals surface area contributed by atoms with E-state index < -0.39 is 190 Å². The average Bonchev–Trinajstić information content (AvgIpc) is 0.774. The number of aryl methyl sites for hydroxylation is 4. The van der Waals surface area contributed by atoms with Crippen molar-refractivity contribution in [2.45, 2.75) is 85.6 Å². The summed E-state index contributed by atoms with van der Waals surface area (Å²) in [5.74, 6) is -6.04. The summed E-state index contributed by atoms with van der Waals surface area (Å²) in [5, 5.41) is 5.73. The predicted octanol–water partition coefficient (Wildman–Crippen LogP) is 12.7. The lowest BCUT2D eigenvalue weighted by Crippen LogP contribution is -2.25. The summed E-state index contributed by atoms with van der Waals surface area (Å²) < 4.78 is 357. The summed E-state index contributed by atoms with van der Waals surface area (Å²) in [6.45, 7) is 6.15. The lowest BCUT2D eigenvalue weighted by Gasteiger charge is -2.16. The number of oxime groups is 2. The Kier molecular flexibility index (Phi) is 24.7. The molecular weight excluding hydrogens is 1670 g/mol. The van der Waals surface area contributed by atoms with Crippen molar-refractivity contribution in [1.82, 2.24) is 0 Å². The van der Waals surface area contributed by atoms with E-state index >= 15 is 0 Å². The first-order chi connectivity index (χ1) is 52.8. The second-order valence-electron chi connectivity index (χ2n) is 23.6. The number of hydrogen-bond acceptors (Lipinski definition) is 28. The second-order valence-corrected chi connectivity index (χ2v) is 35.8. The van der Waals surface area contributed by atoms with Crippen molar-refractivity contribution in [3.8, 4) is 46.0 Å². The van der Waals surface area contributed by atoms with Crippen LogP contribution in [0.4, 0.5) is 26.3 Å². The molecule has 0 saturated heterocycles. The number of ether oxygens (including phenoxy) is 2. The lowest BCUT2D eigenvalue weighted by molar-refractivity contribution is -0.0606. The van der Waals surface area contributed by atoms with Crippen molar-refractivity contribution in [3.05, 3.63) is 264 Å². The van der Waals surface area contributed by atoms with E-state index in [0.29, 0.717) is 70.8 Å². The largest absolute Gasteiger partial charge is 0.493 e. The Morgan fingerprint density at radius 1 is 0.283 bits per heavy atom. The van der Waals surface area contributed by atoms with E-state index in [9.17, 15) is 93.7 Å². The zero-order valence-corrected chi connectivity index (χ0v) is 64.6. The first kappa shape index (κ1) is 84.2. The van der Waals surface area contributed by atoms with Crippen LogP contribution in [0.2, 0.25) is 0 Å². The number of para-hydroxylation sites is 2. The van der Waals surface area contributed by atoms with Crippen molar-refractivity contribution < 1.29 is 137 Å². The molecule has 0 fully saturated rings. The van der Waals surface area contributed by atoms with Crippen molar-refractivity contribution in [2.24, 2.45) is 10.3 Å². The molecule has 28 nitrogen and oxygen atoms in total. The minimum atomic E-state index is -5.62. The highest BCUT2D eigenvalue weighted by Gasteiger charge is 2.41. The Labute approximate surface area is 643 Å². The van der Waals surface area contributed by atoms with Gasteiger partial charge in [-0.15, -0.1) is 0 Å². The van der Waals surface area contributed by atoms with Gasteiger partial charge in [-0.1, -0.05) is 105 Å². The van der Waals surface area contributed by atoms with Gasteiger partial charge in [-0.25, -0.2) is 0 Å². The number of rotatable bonds is 32. The molecule has 0 N–H and O–H groups in total. The number of nitrogens with zero attached hydrogens (tertiary/aromatic N) is 2. The SMILES string of the molecule is Cc1ccc(S(=O)(=O)Oc2ccc(OS(=O)(=O)c3ccc(C)cc3)c(S(=O)(=O)Oc3ccccc3S(=O)(=O)O/N=C(/c3ccc(OCCCOc4ccc(/C(=N\OS(=O)(=O)c5ccccc5OS(=O)(=O)c5cc(OS(=O)(=O)c6ccc(C)cc6)ccc5OS(=O)(=O)c5ccc(C)cc5)C(F)(F)F)cc4)cc3)C(F)(F)F)c2)cc1. The maximum Gasteiger partial charge on any atom is 0.437 e. The Hall–Kier alpha value is -11.3. The highest BCUT2D eigenvalue weighted by atomic mass is 32.3. The van der Waals surface area contributed by atoms with Crippen molar-refractivity contribution in [2.75, 3.05) is 13.2 Å². The second kappa shape index (κ2) is 33.2. The first-order valence-corrected chi connectivity index (χ1v) is 43.1. The molecule has 0 aliphatic rings. The number of benzene rings is 10. The minimum absolute atomic E-state index is 0.000538. The molecule has 0 radical (unpaired) electrons. The van der Waals surface area contributed by atoms with Gasteiger partial charge >= 0.3 is 93.3 Å². The maximum absolute atomic E-state index is 14.6. The van der Waals surface area contributed by atoms with Crippen molar-refractivity contribution in [1.29, 1.82) is 0 Å². The highest BCUT2D eigenvalue weighted by molar-refractivity contribution is 7.89. The molecule has 10 aromatic rings. The third-order valence-electron chi connectivity index (χ3n) is 15.1. The molecule has 10 rings (SSSR count). The Bertz CT molecular complexity index is 5880. The molecule has 0 amide bonds. The number of alkyl halides is 6. The van der Waals surface area contributed by atoms with Crippen LogP contribution in [0.3, 0.4) is 0 Å². The van der Waals surface area contributed by atoms with Gasteiger partial charge < -0.3 is 34.6 Å². The quantitative estimate of drug-likeness (QED) is 0.0124. The van der Waals surface area contributed by atoms with Crippen LogP contribution in [0.5, 0.6) is 46.0 Å². The fourth-order valence-electron chi connectivity index (χ4n) is 9.53. The van der Waals surface area contributed by atoms with Crippen LogP contribution < -0.4 is 34.6 Å². The van der Waals surface area contributed by atoms with Crippen LogP contribution in [-0.2, 0) is 89.5 Å². The Balaban J connectivity index is 0.781. The van der Waals surface area contributed by atoms with Crippen LogP contribution >= 0.6 is 0 Å². The van der Waals surface area contributed by atoms with Gasteiger partial charge in [0, 0.05) is 29.7 Å². The molecule has 0 atom stereocenters. The molecule has 0 aliphatic carbocycles. The van der Waals surface area contributed by atoms with E-state index in [4.69, 9.17) is 34.6 Å². The molecule has 0 saturated carbocycles. The van der Waals surface area contributed by atoms with E-state index in [1.165, 1.54) is 72.8 Å².